The highest BCUT2D eigenvalue weighted by molar-refractivity contribution is 6.05. The Balaban J connectivity index is 0.00000144. The summed E-state index contributed by atoms with van der Waals surface area (Å²) in [5, 5.41) is 8.54. The summed E-state index contributed by atoms with van der Waals surface area (Å²) in [5.74, 6) is -1.09. The van der Waals surface area contributed by atoms with Crippen LogP contribution in [-0.4, -0.2) is 38.9 Å². The summed E-state index contributed by atoms with van der Waals surface area (Å²) in [6, 6.07) is 19.3. The molecule has 1 aliphatic heterocycles. The second-order valence-corrected chi connectivity index (χ2v) is 9.66. The summed E-state index contributed by atoms with van der Waals surface area (Å²) in [5.41, 5.74) is 6.19. The van der Waals surface area contributed by atoms with Gasteiger partial charge >= 0.3 is 0 Å². The predicted molar refractivity (Wildman–Crippen MR) is 149 cm³/mol. The molecule has 1 atom stereocenters. The van der Waals surface area contributed by atoms with Crippen LogP contribution in [0, 0.1) is 12.8 Å². The molecule has 2 aromatic heterocycles. The highest BCUT2D eigenvalue weighted by Crippen LogP contribution is 2.31. The standard InChI is InChI=1S/C28H28F2N6.C2H2/c1-28(29,30)16-31-15-25-33-14-24(34-25)18-6-4-17(5-7-18)19-8-10-21-20(13-19)9-11-22-26(21)36-27(35-22)23-3-2-12-32-23;1-2/h4-11,13-14,23,31-32H,2-3,12,15-16H2,1H3,(H,33,34)(H,35,36);1-2H/t23-;/m0./s1. The lowest BCUT2D eigenvalue weighted by Crippen LogP contribution is -2.29. The van der Waals surface area contributed by atoms with Gasteiger partial charge in [-0.1, -0.05) is 42.5 Å². The first-order valence-electron chi connectivity index (χ1n) is 12.7. The molecule has 6 nitrogen and oxygen atoms in total. The van der Waals surface area contributed by atoms with E-state index >= 15 is 0 Å². The number of alkyl halides is 2. The van der Waals surface area contributed by atoms with E-state index in [1.165, 1.54) is 6.42 Å². The average molecular weight is 513 g/mol. The zero-order valence-corrected chi connectivity index (χ0v) is 21.2. The van der Waals surface area contributed by atoms with Crippen LogP contribution in [0.2, 0.25) is 0 Å². The number of H-pyrrole nitrogens is 2. The fourth-order valence-corrected chi connectivity index (χ4v) is 4.93. The molecule has 5 aromatic rings. The smallest absolute Gasteiger partial charge is 0.257 e. The number of hydrogen-bond acceptors (Lipinski definition) is 4. The van der Waals surface area contributed by atoms with Crippen molar-refractivity contribution in [2.75, 3.05) is 13.1 Å². The maximum absolute atomic E-state index is 13.0. The van der Waals surface area contributed by atoms with Gasteiger partial charge in [-0.3, -0.25) is 0 Å². The highest BCUT2D eigenvalue weighted by Gasteiger charge is 2.21. The van der Waals surface area contributed by atoms with Gasteiger partial charge in [0.15, 0.2) is 0 Å². The molecule has 8 heteroatoms. The number of terminal acetylenes is 1. The number of hydrogen-bond donors (Lipinski definition) is 4. The number of halogens is 2. The van der Waals surface area contributed by atoms with Gasteiger partial charge in [-0.05, 0) is 53.6 Å². The van der Waals surface area contributed by atoms with Crippen LogP contribution < -0.4 is 10.6 Å². The van der Waals surface area contributed by atoms with Gasteiger partial charge in [0.25, 0.3) is 5.92 Å². The number of rotatable bonds is 7. The van der Waals surface area contributed by atoms with E-state index in [0.717, 1.165) is 69.9 Å². The Hall–Kier alpha value is -4.06. The largest absolute Gasteiger partial charge is 0.341 e. The van der Waals surface area contributed by atoms with E-state index in [0.29, 0.717) is 11.9 Å². The molecule has 0 amide bonds. The van der Waals surface area contributed by atoms with Gasteiger partial charge in [0.05, 0.1) is 42.1 Å². The SMILES string of the molecule is C#C.CC(F)(F)CNCc1ncc(-c2ccc(-c3ccc4c(ccc5[nH]c([C@@H]6CCCN6)nc54)c3)cc2)[nH]1. The molecule has 0 bridgehead atoms. The van der Waals surface area contributed by atoms with E-state index < -0.39 is 5.92 Å². The summed E-state index contributed by atoms with van der Waals surface area (Å²) in [6.45, 7) is 1.82. The van der Waals surface area contributed by atoms with Crippen molar-refractivity contribution in [3.05, 3.63) is 72.4 Å². The molecular formula is C30H30F2N6. The fourth-order valence-electron chi connectivity index (χ4n) is 4.93. The lowest BCUT2D eigenvalue weighted by atomic mass is 9.99. The minimum Gasteiger partial charge on any atom is -0.341 e. The van der Waals surface area contributed by atoms with E-state index in [9.17, 15) is 8.78 Å². The van der Waals surface area contributed by atoms with Crippen LogP contribution in [0.4, 0.5) is 8.78 Å². The van der Waals surface area contributed by atoms with Crippen molar-refractivity contribution in [3.8, 4) is 35.2 Å². The lowest BCUT2D eigenvalue weighted by Gasteiger charge is -2.09. The molecule has 0 radical (unpaired) electrons. The normalized spacial score (nSPS) is 15.6. The van der Waals surface area contributed by atoms with Crippen molar-refractivity contribution in [1.29, 1.82) is 0 Å². The van der Waals surface area contributed by atoms with Crippen LogP contribution >= 0.6 is 0 Å². The van der Waals surface area contributed by atoms with E-state index in [-0.39, 0.29) is 13.1 Å². The first-order valence-corrected chi connectivity index (χ1v) is 12.7. The quantitative estimate of drug-likeness (QED) is 0.196. The van der Waals surface area contributed by atoms with Crippen molar-refractivity contribution >= 4 is 21.8 Å². The van der Waals surface area contributed by atoms with Gasteiger partial charge < -0.3 is 20.6 Å². The van der Waals surface area contributed by atoms with Gasteiger partial charge in [-0.25, -0.2) is 18.7 Å². The minimum atomic E-state index is -2.74. The van der Waals surface area contributed by atoms with Crippen LogP contribution in [0.25, 0.3) is 44.2 Å². The monoisotopic (exact) mass is 512 g/mol. The van der Waals surface area contributed by atoms with Crippen LogP contribution in [0.3, 0.4) is 0 Å². The molecule has 3 heterocycles. The summed E-state index contributed by atoms with van der Waals surface area (Å²) in [7, 11) is 0. The Labute approximate surface area is 220 Å². The molecule has 3 aromatic carbocycles. The third kappa shape index (κ3) is 5.44. The lowest BCUT2D eigenvalue weighted by molar-refractivity contribution is 0.0223. The van der Waals surface area contributed by atoms with Crippen LogP contribution in [0.15, 0.2) is 60.8 Å². The average Bonchev–Trinajstić information content (AvgIpc) is 3.70. The maximum atomic E-state index is 13.0. The molecular weight excluding hydrogens is 482 g/mol. The van der Waals surface area contributed by atoms with Gasteiger partial charge in [0, 0.05) is 12.3 Å². The first-order chi connectivity index (χ1) is 18.4. The fraction of sp³-hybridized carbons (Fsp3) is 0.267. The molecule has 1 fully saturated rings. The first kappa shape index (κ1) is 25.6. The zero-order chi connectivity index (χ0) is 26.7. The van der Waals surface area contributed by atoms with Gasteiger partial charge in [0.1, 0.15) is 11.6 Å². The molecule has 1 saturated heterocycles. The molecule has 194 valence electrons. The molecule has 4 N–H and O–H groups in total. The summed E-state index contributed by atoms with van der Waals surface area (Å²) in [6.07, 6.45) is 12.0. The third-order valence-corrected chi connectivity index (χ3v) is 6.76. The Morgan fingerprint density at radius 3 is 2.50 bits per heavy atom. The number of fused-ring (bicyclic) bond motifs is 3. The molecule has 6 rings (SSSR count). The molecule has 0 aliphatic carbocycles. The van der Waals surface area contributed by atoms with Crippen molar-refractivity contribution in [3.63, 3.8) is 0 Å². The molecule has 1 aliphatic rings. The molecule has 0 unspecified atom stereocenters. The maximum Gasteiger partial charge on any atom is 0.257 e. The van der Waals surface area contributed by atoms with Crippen molar-refractivity contribution in [1.82, 2.24) is 30.6 Å². The number of imidazole rings is 2. The minimum absolute atomic E-state index is 0.264. The Bertz CT molecular complexity index is 1550. The van der Waals surface area contributed by atoms with E-state index in [1.54, 1.807) is 6.20 Å². The van der Waals surface area contributed by atoms with Crippen LogP contribution in [-0.2, 0) is 6.54 Å². The van der Waals surface area contributed by atoms with Gasteiger partial charge in [-0.2, -0.15) is 0 Å². The second-order valence-electron chi connectivity index (χ2n) is 9.66. The summed E-state index contributed by atoms with van der Waals surface area (Å²) in [4.78, 5) is 15.9. The summed E-state index contributed by atoms with van der Waals surface area (Å²) >= 11 is 0. The van der Waals surface area contributed by atoms with Crippen LogP contribution in [0.1, 0.15) is 37.5 Å². The Morgan fingerprint density at radius 1 is 1.00 bits per heavy atom. The van der Waals surface area contributed by atoms with E-state index in [2.05, 4.69) is 80.9 Å². The highest BCUT2D eigenvalue weighted by atomic mass is 19.3. The zero-order valence-electron chi connectivity index (χ0n) is 21.2. The number of nitrogens with one attached hydrogen (secondary N) is 4. The van der Waals surface area contributed by atoms with Gasteiger partial charge in [-0.15, -0.1) is 12.8 Å². The Kier molecular flexibility index (Phi) is 7.23. The van der Waals surface area contributed by atoms with Crippen molar-refractivity contribution < 1.29 is 8.78 Å². The third-order valence-electron chi connectivity index (χ3n) is 6.76. The Morgan fingerprint density at radius 2 is 1.76 bits per heavy atom. The van der Waals surface area contributed by atoms with E-state index in [4.69, 9.17) is 4.98 Å². The van der Waals surface area contributed by atoms with Crippen LogP contribution in [0.5, 0.6) is 0 Å². The number of nitrogens with zero attached hydrogens (tertiary/aromatic N) is 2. The van der Waals surface area contributed by atoms with Crippen molar-refractivity contribution in [2.45, 2.75) is 38.3 Å². The summed E-state index contributed by atoms with van der Waals surface area (Å²) < 4.78 is 26.0. The molecule has 38 heavy (non-hydrogen) atoms. The second kappa shape index (κ2) is 10.7. The topological polar surface area (TPSA) is 81.4 Å². The number of aromatic amines is 2. The predicted octanol–water partition coefficient (Wildman–Crippen LogP) is 6.19. The molecule has 0 saturated carbocycles. The number of aromatic nitrogens is 4. The molecule has 0 spiro atoms. The van der Waals surface area contributed by atoms with Gasteiger partial charge in [0.2, 0.25) is 0 Å². The van der Waals surface area contributed by atoms with E-state index in [1.807, 2.05) is 12.1 Å². The van der Waals surface area contributed by atoms with Crippen molar-refractivity contribution in [2.24, 2.45) is 0 Å². The number of benzene rings is 3.